The van der Waals surface area contributed by atoms with Crippen LogP contribution in [0.1, 0.15) is 5.56 Å². The number of anilines is 1. The number of hydrogen-bond acceptors (Lipinski definition) is 5. The van der Waals surface area contributed by atoms with Crippen LogP contribution in [-0.2, 0) is 6.42 Å². The van der Waals surface area contributed by atoms with Gasteiger partial charge in [-0.3, -0.25) is 10.1 Å². The van der Waals surface area contributed by atoms with Gasteiger partial charge in [0.25, 0.3) is 0 Å². The third-order valence-electron chi connectivity index (χ3n) is 2.86. The average Bonchev–Trinajstić information content (AvgIpc) is 2.45. The molecule has 0 bridgehead atoms. The van der Waals surface area contributed by atoms with Crippen LogP contribution >= 0.6 is 11.6 Å². The maximum Gasteiger partial charge on any atom is 0.329 e. The van der Waals surface area contributed by atoms with E-state index in [-0.39, 0.29) is 16.8 Å². The lowest BCUT2D eigenvalue weighted by Gasteiger charge is -2.17. The molecule has 0 unspecified atom stereocenters. The Kier molecular flexibility index (Phi) is 4.47. The molecule has 0 spiro atoms. The zero-order valence-electron chi connectivity index (χ0n) is 10.9. The second kappa shape index (κ2) is 6.29. The Labute approximate surface area is 121 Å². The minimum atomic E-state index is -0.509. The van der Waals surface area contributed by atoms with E-state index >= 15 is 0 Å². The summed E-state index contributed by atoms with van der Waals surface area (Å²) in [7, 11) is 1.74. The molecule has 6 nitrogen and oxygen atoms in total. The van der Waals surface area contributed by atoms with Gasteiger partial charge < -0.3 is 4.90 Å². The monoisotopic (exact) mass is 292 g/mol. The first-order valence-corrected chi connectivity index (χ1v) is 6.37. The van der Waals surface area contributed by atoms with Crippen LogP contribution in [0, 0.1) is 10.1 Å². The Balaban J connectivity index is 2.14. The van der Waals surface area contributed by atoms with Crippen molar-refractivity contribution < 1.29 is 4.92 Å². The van der Waals surface area contributed by atoms with Gasteiger partial charge >= 0.3 is 5.69 Å². The summed E-state index contributed by atoms with van der Waals surface area (Å²) < 4.78 is 0. The van der Waals surface area contributed by atoms with Crippen LogP contribution in [0.5, 0.6) is 0 Å². The van der Waals surface area contributed by atoms with Crippen molar-refractivity contribution >= 4 is 23.1 Å². The van der Waals surface area contributed by atoms with Crippen molar-refractivity contribution in [2.45, 2.75) is 6.42 Å². The van der Waals surface area contributed by atoms with Crippen LogP contribution in [0.4, 0.5) is 11.5 Å². The summed E-state index contributed by atoms with van der Waals surface area (Å²) >= 11 is 5.71. The van der Waals surface area contributed by atoms with E-state index in [1.165, 1.54) is 0 Å². The number of nitro groups is 1. The van der Waals surface area contributed by atoms with Gasteiger partial charge in [-0.25, -0.2) is 4.98 Å². The number of benzene rings is 1. The Bertz CT molecular complexity index is 607. The quantitative estimate of drug-likeness (QED) is 0.481. The summed E-state index contributed by atoms with van der Waals surface area (Å²) in [5.74, 6) is 0.228. The van der Waals surface area contributed by atoms with E-state index in [0.29, 0.717) is 6.54 Å². The van der Waals surface area contributed by atoms with Crippen molar-refractivity contribution in [1.29, 1.82) is 0 Å². The SMILES string of the molecule is CN(CCc1ccccc1)c1nc(Cl)ncc1[N+](=O)[O-]. The summed E-state index contributed by atoms with van der Waals surface area (Å²) in [5.41, 5.74) is 1.01. The number of halogens is 1. The maximum absolute atomic E-state index is 11.0. The second-order valence-electron chi connectivity index (χ2n) is 4.26. The number of nitrogens with zero attached hydrogens (tertiary/aromatic N) is 4. The van der Waals surface area contributed by atoms with Crippen LogP contribution in [-0.4, -0.2) is 28.5 Å². The zero-order valence-corrected chi connectivity index (χ0v) is 11.6. The fourth-order valence-electron chi connectivity index (χ4n) is 1.80. The molecule has 0 aliphatic rings. The summed E-state index contributed by atoms with van der Waals surface area (Å²) in [6.07, 6.45) is 1.89. The predicted octanol–water partition coefficient (Wildman–Crippen LogP) is 2.72. The van der Waals surface area contributed by atoms with Crippen molar-refractivity contribution in [3.05, 3.63) is 57.5 Å². The molecular formula is C13H13ClN4O2. The molecular weight excluding hydrogens is 280 g/mol. The van der Waals surface area contributed by atoms with Gasteiger partial charge in [0.05, 0.1) is 4.92 Å². The summed E-state index contributed by atoms with van der Waals surface area (Å²) in [4.78, 5) is 19.8. The molecule has 0 saturated heterocycles. The van der Waals surface area contributed by atoms with Gasteiger partial charge in [-0.2, -0.15) is 4.98 Å². The van der Waals surface area contributed by atoms with E-state index in [0.717, 1.165) is 18.2 Å². The Morgan fingerprint density at radius 1 is 1.35 bits per heavy atom. The van der Waals surface area contributed by atoms with E-state index in [1.54, 1.807) is 11.9 Å². The highest BCUT2D eigenvalue weighted by molar-refractivity contribution is 6.28. The molecule has 0 aliphatic carbocycles. The molecule has 2 rings (SSSR count). The van der Waals surface area contributed by atoms with Gasteiger partial charge in [0.15, 0.2) is 0 Å². The van der Waals surface area contributed by atoms with E-state index in [2.05, 4.69) is 9.97 Å². The van der Waals surface area contributed by atoms with E-state index < -0.39 is 4.92 Å². The standard InChI is InChI=1S/C13H13ClN4O2/c1-17(8-7-10-5-3-2-4-6-10)12-11(18(19)20)9-15-13(14)16-12/h2-6,9H,7-8H2,1H3. The highest BCUT2D eigenvalue weighted by Gasteiger charge is 2.20. The molecule has 0 atom stereocenters. The highest BCUT2D eigenvalue weighted by atomic mass is 35.5. The van der Waals surface area contributed by atoms with Crippen LogP contribution in [0.2, 0.25) is 5.28 Å². The van der Waals surface area contributed by atoms with Gasteiger partial charge in [0.1, 0.15) is 6.20 Å². The molecule has 0 saturated carbocycles. The van der Waals surface area contributed by atoms with Gasteiger partial charge in [-0.1, -0.05) is 30.3 Å². The summed E-state index contributed by atoms with van der Waals surface area (Å²) in [6, 6.07) is 9.88. The molecule has 2 aromatic rings. The Morgan fingerprint density at radius 2 is 2.05 bits per heavy atom. The molecule has 0 radical (unpaired) electrons. The van der Waals surface area contributed by atoms with Gasteiger partial charge in [0, 0.05) is 13.6 Å². The largest absolute Gasteiger partial charge is 0.353 e. The zero-order chi connectivity index (χ0) is 14.5. The Morgan fingerprint density at radius 3 is 2.70 bits per heavy atom. The van der Waals surface area contributed by atoms with E-state index in [1.807, 2.05) is 30.3 Å². The highest BCUT2D eigenvalue weighted by Crippen LogP contribution is 2.25. The Hall–Kier alpha value is -2.21. The second-order valence-corrected chi connectivity index (χ2v) is 4.60. The minimum absolute atomic E-state index is 0.00263. The fourth-order valence-corrected chi connectivity index (χ4v) is 1.93. The molecule has 104 valence electrons. The molecule has 0 N–H and O–H groups in total. The molecule has 1 aromatic heterocycles. The first-order chi connectivity index (χ1) is 9.58. The van der Waals surface area contributed by atoms with Crippen LogP contribution in [0.3, 0.4) is 0 Å². The smallest absolute Gasteiger partial charge is 0.329 e. The van der Waals surface area contributed by atoms with Gasteiger partial charge in [-0.15, -0.1) is 0 Å². The lowest BCUT2D eigenvalue weighted by Crippen LogP contribution is -2.22. The van der Waals surface area contributed by atoms with Gasteiger partial charge in [-0.05, 0) is 23.6 Å². The summed E-state index contributed by atoms with van der Waals surface area (Å²) in [6.45, 7) is 0.595. The predicted molar refractivity (Wildman–Crippen MR) is 77.1 cm³/mol. The lowest BCUT2D eigenvalue weighted by molar-refractivity contribution is -0.384. The van der Waals surface area contributed by atoms with Crippen molar-refractivity contribution in [3.8, 4) is 0 Å². The normalized spacial score (nSPS) is 10.3. The lowest BCUT2D eigenvalue weighted by atomic mass is 10.1. The first-order valence-electron chi connectivity index (χ1n) is 6.00. The molecule has 0 fully saturated rings. The third kappa shape index (κ3) is 3.42. The number of aromatic nitrogens is 2. The maximum atomic E-state index is 11.0. The third-order valence-corrected chi connectivity index (χ3v) is 3.04. The first kappa shape index (κ1) is 14.2. The minimum Gasteiger partial charge on any atom is -0.353 e. The average molecular weight is 293 g/mol. The molecule has 20 heavy (non-hydrogen) atoms. The fraction of sp³-hybridized carbons (Fsp3) is 0.231. The molecule has 7 heteroatoms. The van der Waals surface area contributed by atoms with Crippen LogP contribution in [0.25, 0.3) is 0 Å². The van der Waals surface area contributed by atoms with E-state index in [9.17, 15) is 10.1 Å². The van der Waals surface area contributed by atoms with Crippen molar-refractivity contribution in [2.75, 3.05) is 18.5 Å². The molecule has 0 aliphatic heterocycles. The molecule has 1 heterocycles. The van der Waals surface area contributed by atoms with Crippen LogP contribution < -0.4 is 4.90 Å². The number of hydrogen-bond donors (Lipinski definition) is 0. The number of likely N-dealkylation sites (N-methyl/N-ethyl adjacent to an activating group) is 1. The summed E-state index contributed by atoms with van der Waals surface area (Å²) in [5, 5.41) is 11.0. The van der Waals surface area contributed by atoms with Crippen LogP contribution in [0.15, 0.2) is 36.5 Å². The topological polar surface area (TPSA) is 72.2 Å². The van der Waals surface area contributed by atoms with E-state index in [4.69, 9.17) is 11.6 Å². The molecule has 1 aromatic carbocycles. The molecule has 0 amide bonds. The number of rotatable bonds is 5. The van der Waals surface area contributed by atoms with Gasteiger partial charge in [0.2, 0.25) is 11.1 Å². The van der Waals surface area contributed by atoms with Crippen molar-refractivity contribution in [2.24, 2.45) is 0 Å². The van der Waals surface area contributed by atoms with Crippen molar-refractivity contribution in [1.82, 2.24) is 9.97 Å². The van der Waals surface area contributed by atoms with Crippen molar-refractivity contribution in [3.63, 3.8) is 0 Å².